The monoisotopic (exact) mass is 245 g/mol. The summed E-state index contributed by atoms with van der Waals surface area (Å²) in [7, 11) is 0. The first kappa shape index (κ1) is 12.5. The third-order valence-electron chi connectivity index (χ3n) is 1.34. The molecule has 1 aromatic rings. The molecule has 0 atom stereocenters. The predicted octanol–water partition coefficient (Wildman–Crippen LogP) is 1.77. The lowest BCUT2D eigenvalue weighted by Gasteiger charge is -2.19. The zero-order valence-electron chi connectivity index (χ0n) is 9.13. The maximum Gasteiger partial charge on any atom is 0.413 e. The van der Waals surface area contributed by atoms with Crippen LogP contribution in [0.3, 0.4) is 0 Å². The van der Waals surface area contributed by atoms with Crippen molar-refractivity contribution < 1.29 is 9.53 Å². The van der Waals surface area contributed by atoms with Crippen LogP contribution in [0.2, 0.25) is 5.15 Å². The number of aromatic nitrogens is 2. The van der Waals surface area contributed by atoms with Crippen LogP contribution in [0.15, 0.2) is 10.9 Å². The van der Waals surface area contributed by atoms with Crippen LogP contribution in [0.4, 0.5) is 10.6 Å². The molecule has 0 radical (unpaired) electrons. The Kier molecular flexibility index (Phi) is 3.54. The zero-order chi connectivity index (χ0) is 12.3. The molecule has 88 valence electrons. The summed E-state index contributed by atoms with van der Waals surface area (Å²) >= 11 is 5.58. The largest absolute Gasteiger partial charge is 0.444 e. The number of rotatable bonds is 1. The minimum atomic E-state index is -0.693. The van der Waals surface area contributed by atoms with Crippen LogP contribution in [0, 0.1) is 0 Å². The van der Waals surface area contributed by atoms with E-state index in [2.05, 4.69) is 15.3 Å². The van der Waals surface area contributed by atoms with E-state index >= 15 is 0 Å². The lowest BCUT2D eigenvalue weighted by atomic mass is 10.2. The molecule has 0 aliphatic carbocycles. The fraction of sp³-hybridized carbons (Fsp3) is 0.444. The number of nitrogens with zero attached hydrogens (tertiary/aromatic N) is 1. The number of nitrogens with one attached hydrogen (secondary N) is 2. The molecule has 0 aliphatic rings. The molecule has 2 N–H and O–H groups in total. The van der Waals surface area contributed by atoms with E-state index in [1.54, 1.807) is 20.8 Å². The summed E-state index contributed by atoms with van der Waals surface area (Å²) in [6, 6.07) is 1.31. The van der Waals surface area contributed by atoms with Crippen LogP contribution in [0.25, 0.3) is 0 Å². The fourth-order valence-electron chi connectivity index (χ4n) is 0.900. The van der Waals surface area contributed by atoms with E-state index in [-0.39, 0.29) is 11.0 Å². The van der Waals surface area contributed by atoms with Crippen LogP contribution in [-0.2, 0) is 4.74 Å². The van der Waals surface area contributed by atoms with Gasteiger partial charge in [-0.2, -0.15) is 4.98 Å². The van der Waals surface area contributed by atoms with Crippen LogP contribution in [0.1, 0.15) is 20.8 Å². The van der Waals surface area contributed by atoms with Crippen molar-refractivity contribution in [3.05, 3.63) is 21.7 Å². The summed E-state index contributed by atoms with van der Waals surface area (Å²) < 4.78 is 4.98. The molecule has 0 spiro atoms. The number of aromatic amines is 1. The summed E-state index contributed by atoms with van der Waals surface area (Å²) in [5.41, 5.74) is -1.26. The van der Waals surface area contributed by atoms with Gasteiger partial charge >= 0.3 is 11.8 Å². The number of amides is 1. The lowest BCUT2D eigenvalue weighted by molar-refractivity contribution is 0.0635. The summed E-state index contributed by atoms with van der Waals surface area (Å²) in [6.07, 6.45) is -0.693. The molecule has 0 unspecified atom stereocenters. The first-order valence-electron chi connectivity index (χ1n) is 4.53. The highest BCUT2D eigenvalue weighted by Crippen LogP contribution is 2.10. The van der Waals surface area contributed by atoms with Crippen molar-refractivity contribution in [1.82, 2.24) is 9.97 Å². The van der Waals surface area contributed by atoms with Gasteiger partial charge in [0.1, 0.15) is 16.6 Å². The number of hydrogen-bond donors (Lipinski definition) is 2. The highest BCUT2D eigenvalue weighted by Gasteiger charge is 2.16. The van der Waals surface area contributed by atoms with Gasteiger partial charge in [-0.25, -0.2) is 9.59 Å². The standard InChI is InChI=1S/C9H12ClN3O3/c1-9(2,3)16-8(15)13-6-4-5(10)11-7(14)12-6/h4H,1-3H3,(H2,11,12,13,14,15). The minimum absolute atomic E-state index is 0.0444. The van der Waals surface area contributed by atoms with Gasteiger partial charge in [-0.3, -0.25) is 10.3 Å². The summed E-state index contributed by atoms with van der Waals surface area (Å²) in [5.74, 6) is 0.0444. The van der Waals surface area contributed by atoms with E-state index < -0.39 is 17.4 Å². The second-order valence-electron chi connectivity index (χ2n) is 4.05. The van der Waals surface area contributed by atoms with E-state index in [0.29, 0.717) is 0 Å². The van der Waals surface area contributed by atoms with Crippen LogP contribution in [0.5, 0.6) is 0 Å². The maximum atomic E-state index is 11.3. The molecule has 0 aromatic carbocycles. The number of carbonyl (C=O) groups is 1. The molecule has 7 heteroatoms. The van der Waals surface area contributed by atoms with Gasteiger partial charge in [0.05, 0.1) is 0 Å². The normalized spacial score (nSPS) is 11.0. The number of carbonyl (C=O) groups excluding carboxylic acids is 1. The number of anilines is 1. The molecule has 6 nitrogen and oxygen atoms in total. The summed E-state index contributed by atoms with van der Waals surface area (Å²) in [4.78, 5) is 28.0. The van der Waals surface area contributed by atoms with Gasteiger partial charge in [0.15, 0.2) is 0 Å². The zero-order valence-corrected chi connectivity index (χ0v) is 9.88. The molecular weight excluding hydrogens is 234 g/mol. The van der Waals surface area contributed by atoms with Crippen molar-refractivity contribution in [2.24, 2.45) is 0 Å². The highest BCUT2D eigenvalue weighted by molar-refractivity contribution is 6.29. The third-order valence-corrected chi connectivity index (χ3v) is 1.54. The predicted molar refractivity (Wildman–Crippen MR) is 59.7 cm³/mol. The Morgan fingerprint density at radius 1 is 1.56 bits per heavy atom. The Balaban J connectivity index is 2.74. The minimum Gasteiger partial charge on any atom is -0.444 e. The lowest BCUT2D eigenvalue weighted by Crippen LogP contribution is -2.28. The Morgan fingerprint density at radius 2 is 2.19 bits per heavy atom. The van der Waals surface area contributed by atoms with Crippen molar-refractivity contribution >= 4 is 23.5 Å². The Bertz CT molecular complexity index is 450. The molecule has 1 amide bonds. The second kappa shape index (κ2) is 4.52. The third kappa shape index (κ3) is 4.31. The van der Waals surface area contributed by atoms with Crippen LogP contribution < -0.4 is 11.0 Å². The van der Waals surface area contributed by atoms with Gasteiger partial charge < -0.3 is 4.74 Å². The molecule has 1 heterocycles. The first-order chi connectivity index (χ1) is 7.26. The van der Waals surface area contributed by atoms with E-state index in [9.17, 15) is 9.59 Å². The van der Waals surface area contributed by atoms with E-state index in [1.807, 2.05) is 0 Å². The smallest absolute Gasteiger partial charge is 0.413 e. The second-order valence-corrected chi connectivity index (χ2v) is 4.45. The number of ether oxygens (including phenoxy) is 1. The molecule has 0 bridgehead atoms. The molecule has 1 aromatic heterocycles. The van der Waals surface area contributed by atoms with Gasteiger partial charge in [-0.05, 0) is 20.8 Å². The topological polar surface area (TPSA) is 84.1 Å². The number of halogens is 1. The highest BCUT2D eigenvalue weighted by atomic mass is 35.5. The number of hydrogen-bond acceptors (Lipinski definition) is 4. The molecule has 16 heavy (non-hydrogen) atoms. The van der Waals surface area contributed by atoms with Crippen molar-refractivity contribution in [2.75, 3.05) is 5.32 Å². The van der Waals surface area contributed by atoms with Crippen LogP contribution >= 0.6 is 11.6 Å². The van der Waals surface area contributed by atoms with E-state index in [1.165, 1.54) is 6.07 Å². The summed E-state index contributed by atoms with van der Waals surface area (Å²) in [6.45, 7) is 5.18. The van der Waals surface area contributed by atoms with Crippen LogP contribution in [-0.4, -0.2) is 21.7 Å². The quantitative estimate of drug-likeness (QED) is 0.739. The van der Waals surface area contributed by atoms with Crippen molar-refractivity contribution in [3.63, 3.8) is 0 Å². The SMILES string of the molecule is CC(C)(C)OC(=O)Nc1cc(Cl)[nH]c(=O)n1. The average Bonchev–Trinajstić information content (AvgIpc) is 1.96. The van der Waals surface area contributed by atoms with Crippen molar-refractivity contribution in [2.45, 2.75) is 26.4 Å². The average molecular weight is 246 g/mol. The summed E-state index contributed by atoms with van der Waals surface area (Å²) in [5, 5.41) is 2.39. The Morgan fingerprint density at radius 3 is 2.69 bits per heavy atom. The maximum absolute atomic E-state index is 11.3. The molecule has 0 saturated carbocycles. The molecule has 0 aliphatic heterocycles. The van der Waals surface area contributed by atoms with E-state index in [4.69, 9.17) is 16.3 Å². The van der Waals surface area contributed by atoms with Gasteiger partial charge in [0, 0.05) is 6.07 Å². The van der Waals surface area contributed by atoms with E-state index in [0.717, 1.165) is 0 Å². The number of H-pyrrole nitrogens is 1. The van der Waals surface area contributed by atoms with Gasteiger partial charge in [-0.1, -0.05) is 11.6 Å². The molecule has 0 fully saturated rings. The Labute approximate surface area is 97.0 Å². The first-order valence-corrected chi connectivity index (χ1v) is 4.91. The van der Waals surface area contributed by atoms with Crippen molar-refractivity contribution in [1.29, 1.82) is 0 Å². The fourth-order valence-corrected chi connectivity index (χ4v) is 1.08. The molecular formula is C9H12ClN3O3. The molecule has 0 saturated heterocycles. The molecule has 1 rings (SSSR count). The van der Waals surface area contributed by atoms with Gasteiger partial charge in [-0.15, -0.1) is 0 Å². The Hall–Kier alpha value is -1.56. The van der Waals surface area contributed by atoms with Crippen molar-refractivity contribution in [3.8, 4) is 0 Å². The van der Waals surface area contributed by atoms with Gasteiger partial charge in [0.25, 0.3) is 0 Å². The van der Waals surface area contributed by atoms with Gasteiger partial charge in [0.2, 0.25) is 0 Å².